The van der Waals surface area contributed by atoms with Crippen LogP contribution < -0.4 is 15.5 Å². The van der Waals surface area contributed by atoms with E-state index in [1.165, 1.54) is 37.8 Å². The van der Waals surface area contributed by atoms with E-state index >= 15 is 0 Å². The van der Waals surface area contributed by atoms with E-state index in [-0.39, 0.29) is 24.0 Å². The van der Waals surface area contributed by atoms with Crippen LogP contribution in [0, 0.1) is 0 Å². The number of guanidine groups is 1. The molecule has 3 rings (SSSR count). The number of pyridine rings is 1. The van der Waals surface area contributed by atoms with Crippen LogP contribution in [0.3, 0.4) is 0 Å². The predicted molar refractivity (Wildman–Crippen MR) is 130 cm³/mol. The highest BCUT2D eigenvalue weighted by atomic mass is 127. The lowest BCUT2D eigenvalue weighted by Gasteiger charge is -2.35. The van der Waals surface area contributed by atoms with Gasteiger partial charge in [0.05, 0.1) is 13.2 Å². The largest absolute Gasteiger partial charge is 0.378 e. The van der Waals surface area contributed by atoms with Crippen molar-refractivity contribution in [3.8, 4) is 0 Å². The van der Waals surface area contributed by atoms with Gasteiger partial charge >= 0.3 is 0 Å². The molecule has 3 heterocycles. The fourth-order valence-electron chi connectivity index (χ4n) is 4.16. The SMILES string of the molecule is CCC1CCCCN1CCNC(=NC)NCc1cccnc1N1CCOCC1.I. The van der Waals surface area contributed by atoms with Crippen LogP contribution in [-0.4, -0.2) is 74.9 Å². The predicted octanol–water partition coefficient (Wildman–Crippen LogP) is 2.47. The summed E-state index contributed by atoms with van der Waals surface area (Å²) in [6, 6.07) is 4.88. The van der Waals surface area contributed by atoms with E-state index < -0.39 is 0 Å². The summed E-state index contributed by atoms with van der Waals surface area (Å²) in [5.41, 5.74) is 1.19. The lowest BCUT2D eigenvalue weighted by Crippen LogP contribution is -2.45. The number of piperidine rings is 1. The van der Waals surface area contributed by atoms with Gasteiger partial charge in [0.15, 0.2) is 5.96 Å². The van der Waals surface area contributed by atoms with Crippen molar-refractivity contribution >= 4 is 35.8 Å². The smallest absolute Gasteiger partial charge is 0.191 e. The standard InChI is InChI=1S/C21H36N6O.HI/c1-3-19-8-4-5-11-26(19)12-10-24-21(22-2)25-17-18-7-6-9-23-20(18)27-13-15-28-16-14-27;/h6-7,9,19H,3-5,8,10-17H2,1-2H3,(H2,22,24,25);1H. The zero-order valence-electron chi connectivity index (χ0n) is 17.9. The van der Waals surface area contributed by atoms with E-state index in [9.17, 15) is 0 Å². The zero-order chi connectivity index (χ0) is 19.6. The van der Waals surface area contributed by atoms with Gasteiger partial charge in [0.1, 0.15) is 5.82 Å². The lowest BCUT2D eigenvalue weighted by molar-refractivity contribution is 0.122. The average Bonchev–Trinajstić information content (AvgIpc) is 2.77. The molecule has 1 aromatic heterocycles. The van der Waals surface area contributed by atoms with Crippen LogP contribution in [0.5, 0.6) is 0 Å². The first-order valence-electron chi connectivity index (χ1n) is 10.8. The van der Waals surface area contributed by atoms with Crippen molar-refractivity contribution in [3.05, 3.63) is 23.9 Å². The monoisotopic (exact) mass is 516 g/mol. The molecule has 2 saturated heterocycles. The third-order valence-corrected chi connectivity index (χ3v) is 5.76. The van der Waals surface area contributed by atoms with Gasteiger partial charge in [0, 0.05) is 57.6 Å². The molecule has 1 aromatic rings. The minimum Gasteiger partial charge on any atom is -0.378 e. The van der Waals surface area contributed by atoms with Crippen LogP contribution in [-0.2, 0) is 11.3 Å². The second-order valence-corrected chi connectivity index (χ2v) is 7.53. The van der Waals surface area contributed by atoms with Crippen molar-refractivity contribution in [1.29, 1.82) is 0 Å². The highest BCUT2D eigenvalue weighted by Crippen LogP contribution is 2.19. The molecule has 8 heteroatoms. The van der Waals surface area contributed by atoms with Gasteiger partial charge in [0.25, 0.3) is 0 Å². The first-order chi connectivity index (χ1) is 13.8. The molecule has 0 bridgehead atoms. The van der Waals surface area contributed by atoms with Crippen LogP contribution >= 0.6 is 24.0 Å². The first-order valence-corrected chi connectivity index (χ1v) is 10.8. The molecule has 29 heavy (non-hydrogen) atoms. The third kappa shape index (κ3) is 7.25. The van der Waals surface area contributed by atoms with Crippen molar-refractivity contribution < 1.29 is 4.74 Å². The summed E-state index contributed by atoms with van der Waals surface area (Å²) in [5, 5.41) is 6.92. The van der Waals surface area contributed by atoms with Crippen molar-refractivity contribution in [2.24, 2.45) is 4.99 Å². The van der Waals surface area contributed by atoms with Crippen molar-refractivity contribution in [2.45, 2.75) is 45.2 Å². The summed E-state index contributed by atoms with van der Waals surface area (Å²) in [7, 11) is 1.83. The van der Waals surface area contributed by atoms with E-state index in [1.807, 2.05) is 19.3 Å². The third-order valence-electron chi connectivity index (χ3n) is 5.76. The van der Waals surface area contributed by atoms with Crippen molar-refractivity contribution in [1.82, 2.24) is 20.5 Å². The van der Waals surface area contributed by atoms with Crippen LogP contribution in [0.4, 0.5) is 5.82 Å². The lowest BCUT2D eigenvalue weighted by atomic mass is 10.0. The average molecular weight is 516 g/mol. The Morgan fingerprint density at radius 2 is 2.07 bits per heavy atom. The molecular formula is C21H37IN6O. The Labute approximate surface area is 192 Å². The number of likely N-dealkylation sites (tertiary alicyclic amines) is 1. The van der Waals surface area contributed by atoms with Gasteiger partial charge < -0.3 is 20.3 Å². The van der Waals surface area contributed by atoms with Crippen LogP contribution in [0.2, 0.25) is 0 Å². The maximum Gasteiger partial charge on any atom is 0.191 e. The molecule has 0 aliphatic carbocycles. The number of nitrogens with zero attached hydrogens (tertiary/aromatic N) is 4. The number of halogens is 1. The Morgan fingerprint density at radius 1 is 1.24 bits per heavy atom. The topological polar surface area (TPSA) is 65.0 Å². The number of aliphatic imine (C=N–C) groups is 1. The highest BCUT2D eigenvalue weighted by molar-refractivity contribution is 14.0. The molecule has 2 aliphatic rings. The molecule has 0 amide bonds. The summed E-state index contributed by atoms with van der Waals surface area (Å²) in [4.78, 5) is 13.9. The van der Waals surface area contributed by atoms with E-state index in [1.54, 1.807) is 0 Å². The highest BCUT2D eigenvalue weighted by Gasteiger charge is 2.20. The van der Waals surface area contributed by atoms with Crippen molar-refractivity contribution in [2.75, 3.05) is 57.9 Å². The van der Waals surface area contributed by atoms with E-state index in [0.29, 0.717) is 6.54 Å². The van der Waals surface area contributed by atoms with Gasteiger partial charge in [0.2, 0.25) is 0 Å². The molecule has 0 aromatic carbocycles. The summed E-state index contributed by atoms with van der Waals surface area (Å²) in [6.07, 6.45) is 7.16. The minimum atomic E-state index is 0. The maximum absolute atomic E-state index is 5.47. The Kier molecular flexibility index (Phi) is 11.0. The zero-order valence-corrected chi connectivity index (χ0v) is 20.2. The molecule has 1 unspecified atom stereocenters. The number of morpholine rings is 1. The molecule has 0 radical (unpaired) electrons. The van der Waals surface area contributed by atoms with E-state index in [2.05, 4.69) is 43.4 Å². The number of anilines is 1. The molecule has 0 saturated carbocycles. The van der Waals surface area contributed by atoms with Gasteiger partial charge in [-0.1, -0.05) is 19.4 Å². The number of rotatable bonds is 7. The number of nitrogens with one attached hydrogen (secondary N) is 2. The Hall–Kier alpha value is -1.13. The second-order valence-electron chi connectivity index (χ2n) is 7.53. The quantitative estimate of drug-likeness (QED) is 0.330. The summed E-state index contributed by atoms with van der Waals surface area (Å²) >= 11 is 0. The number of ether oxygens (including phenoxy) is 1. The fourth-order valence-corrected chi connectivity index (χ4v) is 4.16. The van der Waals surface area contributed by atoms with Crippen LogP contribution in [0.1, 0.15) is 38.2 Å². The van der Waals surface area contributed by atoms with Gasteiger partial charge in [-0.2, -0.15) is 0 Å². The van der Waals surface area contributed by atoms with Gasteiger partial charge in [-0.15, -0.1) is 24.0 Å². The van der Waals surface area contributed by atoms with Gasteiger partial charge in [-0.05, 0) is 31.9 Å². The van der Waals surface area contributed by atoms with Crippen molar-refractivity contribution in [3.63, 3.8) is 0 Å². The number of hydrogen-bond donors (Lipinski definition) is 2. The van der Waals surface area contributed by atoms with E-state index in [4.69, 9.17) is 4.74 Å². The van der Waals surface area contributed by atoms with Crippen LogP contribution in [0.25, 0.3) is 0 Å². The number of hydrogen-bond acceptors (Lipinski definition) is 5. The molecule has 164 valence electrons. The second kappa shape index (κ2) is 13.2. The maximum atomic E-state index is 5.47. The van der Waals surface area contributed by atoms with E-state index in [0.717, 1.165) is 57.2 Å². The molecule has 0 spiro atoms. The Balaban J connectivity index is 0.00000300. The summed E-state index contributed by atoms with van der Waals surface area (Å²) in [5.74, 6) is 1.90. The van der Waals surface area contributed by atoms with Crippen LogP contribution in [0.15, 0.2) is 23.3 Å². The number of aromatic nitrogens is 1. The molecule has 2 N–H and O–H groups in total. The fraction of sp³-hybridized carbons (Fsp3) is 0.714. The van der Waals surface area contributed by atoms with Gasteiger partial charge in [-0.3, -0.25) is 9.89 Å². The summed E-state index contributed by atoms with van der Waals surface area (Å²) in [6.45, 7) is 9.55. The normalized spacial score (nSPS) is 20.8. The van der Waals surface area contributed by atoms with Gasteiger partial charge in [-0.25, -0.2) is 4.98 Å². The summed E-state index contributed by atoms with van der Waals surface area (Å²) < 4.78 is 5.47. The molecule has 1 atom stereocenters. The molecule has 2 fully saturated rings. The Bertz CT molecular complexity index is 623. The molecule has 7 nitrogen and oxygen atoms in total. The minimum absolute atomic E-state index is 0. The first kappa shape index (κ1) is 24.1. The Morgan fingerprint density at radius 3 is 2.83 bits per heavy atom. The molecule has 2 aliphatic heterocycles. The molecular weight excluding hydrogens is 479 g/mol.